The molecule has 0 aromatic rings. The summed E-state index contributed by atoms with van der Waals surface area (Å²) in [4.78, 5) is 0. The van der Waals surface area contributed by atoms with Gasteiger partial charge < -0.3 is 0 Å². The van der Waals surface area contributed by atoms with Crippen molar-refractivity contribution in [3.63, 3.8) is 0 Å². The first-order chi connectivity index (χ1) is 4.37. The highest BCUT2D eigenvalue weighted by molar-refractivity contribution is 5.05. The van der Waals surface area contributed by atoms with Crippen molar-refractivity contribution < 1.29 is 0 Å². The van der Waals surface area contributed by atoms with E-state index in [9.17, 15) is 0 Å². The summed E-state index contributed by atoms with van der Waals surface area (Å²) in [6.07, 6.45) is 9.99. The fourth-order valence-corrected chi connectivity index (χ4v) is 2.68. The highest BCUT2D eigenvalue weighted by atomic mass is 14.5. The van der Waals surface area contributed by atoms with Gasteiger partial charge in [0.1, 0.15) is 0 Å². The quantitative estimate of drug-likeness (QED) is 0.503. The van der Waals surface area contributed by atoms with E-state index in [1.807, 2.05) is 0 Å². The van der Waals surface area contributed by atoms with Crippen LogP contribution in [0.4, 0.5) is 0 Å². The first-order valence-corrected chi connectivity index (χ1v) is 4.18. The Kier molecular flexibility index (Phi) is 1.12. The molecule has 0 bridgehead atoms. The van der Waals surface area contributed by atoms with Gasteiger partial charge in [-0.3, -0.25) is 0 Å². The Labute approximate surface area is 57.6 Å². The van der Waals surface area contributed by atoms with Gasteiger partial charge in [0.15, 0.2) is 0 Å². The van der Waals surface area contributed by atoms with Gasteiger partial charge in [0, 0.05) is 0 Å². The van der Waals surface area contributed by atoms with Crippen LogP contribution in [0.1, 0.15) is 39.0 Å². The van der Waals surface area contributed by atoms with Crippen LogP contribution in [0.2, 0.25) is 0 Å². The fraction of sp³-hybridized carbons (Fsp3) is 0.889. The van der Waals surface area contributed by atoms with Crippen molar-refractivity contribution in [3.05, 3.63) is 6.42 Å². The molecule has 0 nitrogen and oxygen atoms in total. The molecule has 0 aromatic carbocycles. The van der Waals surface area contributed by atoms with Gasteiger partial charge in [0.25, 0.3) is 0 Å². The molecule has 2 saturated carbocycles. The highest BCUT2D eigenvalue weighted by Crippen LogP contribution is 2.58. The molecule has 0 N–H and O–H groups in total. The van der Waals surface area contributed by atoms with Crippen molar-refractivity contribution in [2.45, 2.75) is 39.0 Å². The third kappa shape index (κ3) is 0.595. The summed E-state index contributed by atoms with van der Waals surface area (Å²) in [7, 11) is 0. The minimum atomic E-state index is 0.750. The molecule has 0 spiro atoms. The van der Waals surface area contributed by atoms with Crippen molar-refractivity contribution in [1.82, 2.24) is 0 Å². The molecule has 2 atom stereocenters. The second-order valence-electron chi connectivity index (χ2n) is 3.65. The zero-order valence-corrected chi connectivity index (χ0v) is 6.19. The lowest BCUT2D eigenvalue weighted by atomic mass is 9.61. The van der Waals surface area contributed by atoms with Crippen molar-refractivity contribution in [1.29, 1.82) is 0 Å². The zero-order valence-electron chi connectivity index (χ0n) is 6.19. The topological polar surface area (TPSA) is 0 Å². The maximum Gasteiger partial charge on any atom is -0.0241 e. The van der Waals surface area contributed by atoms with Gasteiger partial charge in [-0.25, -0.2) is 0 Å². The van der Waals surface area contributed by atoms with Crippen molar-refractivity contribution in [3.8, 4) is 0 Å². The number of fused-ring (bicyclic) bond motifs is 1. The number of rotatable bonds is 1. The molecular weight excluding hydrogens is 108 g/mol. The molecule has 2 rings (SSSR count). The molecule has 0 heterocycles. The Morgan fingerprint density at radius 1 is 1.33 bits per heavy atom. The van der Waals surface area contributed by atoms with Crippen LogP contribution in [0.3, 0.4) is 0 Å². The van der Waals surface area contributed by atoms with Crippen LogP contribution in [0.25, 0.3) is 0 Å². The van der Waals surface area contributed by atoms with Crippen LogP contribution in [0, 0.1) is 17.8 Å². The summed E-state index contributed by atoms with van der Waals surface area (Å²) in [5.41, 5.74) is 0.750. The number of hydrogen-bond acceptors (Lipinski definition) is 0. The number of hydrogen-bond donors (Lipinski definition) is 0. The Bertz CT molecular complexity index is 113. The van der Waals surface area contributed by atoms with Gasteiger partial charge in [-0.15, -0.1) is 0 Å². The maximum atomic E-state index is 2.47. The standard InChI is InChI=1S/C9H15/c1-2-9-6-3-4-8(9)5-7-9/h2,8H,3-7H2,1H3. The smallest absolute Gasteiger partial charge is 0.0241 e. The lowest BCUT2D eigenvalue weighted by Gasteiger charge is -2.44. The van der Waals surface area contributed by atoms with E-state index in [0.717, 1.165) is 11.3 Å². The normalized spacial score (nSPS) is 48.3. The van der Waals surface area contributed by atoms with Crippen molar-refractivity contribution >= 4 is 0 Å². The lowest BCUT2D eigenvalue weighted by Crippen LogP contribution is -2.35. The first kappa shape index (κ1) is 5.76. The molecule has 0 heteroatoms. The second kappa shape index (κ2) is 1.74. The van der Waals surface area contributed by atoms with Crippen LogP contribution >= 0.6 is 0 Å². The average molecular weight is 123 g/mol. The third-order valence-electron chi connectivity index (χ3n) is 3.54. The van der Waals surface area contributed by atoms with Gasteiger partial charge in [0.05, 0.1) is 0 Å². The monoisotopic (exact) mass is 123 g/mol. The Morgan fingerprint density at radius 2 is 2.22 bits per heavy atom. The second-order valence-corrected chi connectivity index (χ2v) is 3.65. The van der Waals surface area contributed by atoms with Crippen LogP contribution in [0.5, 0.6) is 0 Å². The molecule has 1 radical (unpaired) electrons. The van der Waals surface area contributed by atoms with Crippen LogP contribution in [-0.2, 0) is 0 Å². The van der Waals surface area contributed by atoms with Gasteiger partial charge in [-0.1, -0.05) is 13.3 Å². The first-order valence-electron chi connectivity index (χ1n) is 4.18. The summed E-state index contributed by atoms with van der Waals surface area (Å²) in [5.74, 6) is 1.10. The molecule has 2 fully saturated rings. The van der Waals surface area contributed by atoms with E-state index in [1.54, 1.807) is 0 Å². The van der Waals surface area contributed by atoms with Gasteiger partial charge in [0.2, 0.25) is 0 Å². The van der Waals surface area contributed by atoms with E-state index in [4.69, 9.17) is 0 Å². The molecule has 2 aliphatic carbocycles. The minimum absolute atomic E-state index is 0.750. The molecule has 0 aliphatic heterocycles. The van der Waals surface area contributed by atoms with Crippen LogP contribution in [0.15, 0.2) is 0 Å². The van der Waals surface area contributed by atoms with E-state index in [0.29, 0.717) is 0 Å². The Balaban J connectivity index is 2.10. The summed E-state index contributed by atoms with van der Waals surface area (Å²) < 4.78 is 0. The van der Waals surface area contributed by atoms with Gasteiger partial charge in [-0.2, -0.15) is 0 Å². The molecule has 2 unspecified atom stereocenters. The maximum absolute atomic E-state index is 2.47. The average Bonchev–Trinajstić information content (AvgIpc) is 2.10. The van der Waals surface area contributed by atoms with E-state index in [1.165, 1.54) is 32.1 Å². The Hall–Kier alpha value is 0. The van der Waals surface area contributed by atoms with Crippen LogP contribution < -0.4 is 0 Å². The molecular formula is C9H15. The van der Waals surface area contributed by atoms with Crippen molar-refractivity contribution in [2.24, 2.45) is 11.3 Å². The summed E-state index contributed by atoms with van der Waals surface area (Å²) in [5, 5.41) is 0. The minimum Gasteiger partial charge on any atom is -0.0617 e. The molecule has 9 heavy (non-hydrogen) atoms. The Morgan fingerprint density at radius 3 is 2.56 bits per heavy atom. The van der Waals surface area contributed by atoms with E-state index >= 15 is 0 Å². The van der Waals surface area contributed by atoms with E-state index < -0.39 is 0 Å². The lowest BCUT2D eigenvalue weighted by molar-refractivity contribution is 0.105. The molecule has 2 aliphatic rings. The van der Waals surface area contributed by atoms with Gasteiger partial charge in [-0.05, 0) is 43.4 Å². The molecule has 51 valence electrons. The molecule has 0 saturated heterocycles. The largest absolute Gasteiger partial charge is 0.0617 e. The molecule has 0 aromatic heterocycles. The van der Waals surface area contributed by atoms with Gasteiger partial charge >= 0.3 is 0 Å². The summed E-state index contributed by atoms with van der Waals surface area (Å²) >= 11 is 0. The highest BCUT2D eigenvalue weighted by Gasteiger charge is 2.47. The van der Waals surface area contributed by atoms with Crippen LogP contribution in [-0.4, -0.2) is 0 Å². The van der Waals surface area contributed by atoms with Crippen molar-refractivity contribution in [2.75, 3.05) is 0 Å². The molecule has 0 amide bonds. The van der Waals surface area contributed by atoms with E-state index in [2.05, 4.69) is 13.3 Å². The third-order valence-corrected chi connectivity index (χ3v) is 3.54. The SMILES string of the molecule is C[CH]C12CCCC1CC2. The summed E-state index contributed by atoms with van der Waals surface area (Å²) in [6.45, 7) is 2.25. The predicted octanol–water partition coefficient (Wildman–Crippen LogP) is 2.79. The summed E-state index contributed by atoms with van der Waals surface area (Å²) in [6, 6.07) is 0. The fourth-order valence-electron chi connectivity index (χ4n) is 2.68. The predicted molar refractivity (Wildman–Crippen MR) is 39.0 cm³/mol. The zero-order chi connectivity index (χ0) is 6.32. The van der Waals surface area contributed by atoms with E-state index in [-0.39, 0.29) is 0 Å².